The second kappa shape index (κ2) is 11.0. The third kappa shape index (κ3) is 5.52. The molecule has 2 N–H and O–H groups in total. The standard InChI is InChI=1S/C26H34FN7O3/c1-16(2)34-14-19(25(35)30-17-6-10-37-11-7-17)18-13-29-24(12-21(18)34)31-23-4-8-28-26(32-23)33-9-5-22(36-3)20(27)15-33/h4,8,12-14,16-17,20,22H,5-7,9-11,15H2,1-3H3,(H,30,35)(H,28,29,31,32)/t20-,22+/m1/s1. The number of alkyl halides is 1. The summed E-state index contributed by atoms with van der Waals surface area (Å²) in [6.07, 6.45) is 5.99. The number of rotatable bonds is 7. The van der Waals surface area contributed by atoms with Gasteiger partial charge in [-0.05, 0) is 39.2 Å². The quantitative estimate of drug-likeness (QED) is 0.496. The minimum absolute atomic E-state index is 0.0948. The van der Waals surface area contributed by atoms with E-state index in [-0.39, 0.29) is 24.5 Å². The number of nitrogens with one attached hydrogen (secondary N) is 2. The number of halogens is 1. The molecule has 5 rings (SSSR count). The summed E-state index contributed by atoms with van der Waals surface area (Å²) in [7, 11) is 1.54. The molecule has 0 aliphatic carbocycles. The second-order valence-electron chi connectivity index (χ2n) is 9.88. The van der Waals surface area contributed by atoms with E-state index in [1.807, 2.05) is 17.2 Å². The maximum absolute atomic E-state index is 14.4. The van der Waals surface area contributed by atoms with Crippen LogP contribution in [0.25, 0.3) is 10.9 Å². The van der Waals surface area contributed by atoms with Crippen LogP contribution in [0.2, 0.25) is 0 Å². The third-order valence-electron chi connectivity index (χ3n) is 7.04. The molecule has 0 unspecified atom stereocenters. The highest BCUT2D eigenvalue weighted by atomic mass is 19.1. The Bertz CT molecular complexity index is 1240. The largest absolute Gasteiger partial charge is 0.381 e. The third-order valence-corrected chi connectivity index (χ3v) is 7.04. The van der Waals surface area contributed by atoms with E-state index in [1.165, 1.54) is 7.11 Å². The number of aromatic nitrogens is 4. The Morgan fingerprint density at radius 3 is 2.76 bits per heavy atom. The molecule has 0 spiro atoms. The van der Waals surface area contributed by atoms with Crippen molar-refractivity contribution in [2.75, 3.05) is 43.6 Å². The summed E-state index contributed by atoms with van der Waals surface area (Å²) in [6, 6.07) is 3.94. The lowest BCUT2D eigenvalue weighted by Crippen LogP contribution is -2.46. The van der Waals surface area contributed by atoms with Gasteiger partial charge in [-0.3, -0.25) is 4.79 Å². The van der Waals surface area contributed by atoms with Crippen LogP contribution in [0, 0.1) is 0 Å². The minimum Gasteiger partial charge on any atom is -0.381 e. The molecule has 0 saturated carbocycles. The first-order chi connectivity index (χ1) is 17.9. The van der Waals surface area contributed by atoms with Crippen molar-refractivity contribution in [3.63, 3.8) is 0 Å². The van der Waals surface area contributed by atoms with Crippen LogP contribution in [0.4, 0.5) is 22.0 Å². The highest BCUT2D eigenvalue weighted by molar-refractivity contribution is 6.07. The van der Waals surface area contributed by atoms with Crippen molar-refractivity contribution < 1.29 is 18.7 Å². The van der Waals surface area contributed by atoms with Gasteiger partial charge in [-0.1, -0.05) is 0 Å². The van der Waals surface area contributed by atoms with Crippen LogP contribution in [-0.2, 0) is 9.47 Å². The molecular weight excluding hydrogens is 477 g/mol. The van der Waals surface area contributed by atoms with Crippen molar-refractivity contribution in [1.29, 1.82) is 0 Å². The van der Waals surface area contributed by atoms with Gasteiger partial charge in [0.2, 0.25) is 5.95 Å². The van der Waals surface area contributed by atoms with Crippen LogP contribution < -0.4 is 15.5 Å². The van der Waals surface area contributed by atoms with Gasteiger partial charge in [-0.25, -0.2) is 14.4 Å². The average molecular weight is 512 g/mol. The zero-order chi connectivity index (χ0) is 25.9. The Hall–Kier alpha value is -3.31. The first-order valence-corrected chi connectivity index (χ1v) is 12.8. The summed E-state index contributed by atoms with van der Waals surface area (Å²) >= 11 is 0. The number of ether oxygens (including phenoxy) is 2. The van der Waals surface area contributed by atoms with Crippen molar-refractivity contribution in [2.45, 2.75) is 57.5 Å². The molecule has 2 aliphatic rings. The number of nitrogens with zero attached hydrogens (tertiary/aromatic N) is 5. The molecule has 2 atom stereocenters. The monoisotopic (exact) mass is 511 g/mol. The normalized spacial score (nSPS) is 20.9. The van der Waals surface area contributed by atoms with Crippen molar-refractivity contribution in [2.24, 2.45) is 0 Å². The summed E-state index contributed by atoms with van der Waals surface area (Å²) in [5.41, 5.74) is 1.51. The van der Waals surface area contributed by atoms with Gasteiger partial charge in [0.25, 0.3) is 5.91 Å². The van der Waals surface area contributed by atoms with Crippen molar-refractivity contribution in [3.8, 4) is 0 Å². The van der Waals surface area contributed by atoms with E-state index in [0.29, 0.717) is 49.3 Å². The Labute approximate surface area is 215 Å². The zero-order valence-corrected chi connectivity index (χ0v) is 21.5. The molecule has 11 heteroatoms. The summed E-state index contributed by atoms with van der Waals surface area (Å²) in [5, 5.41) is 7.18. The van der Waals surface area contributed by atoms with Crippen LogP contribution in [0.5, 0.6) is 0 Å². The zero-order valence-electron chi connectivity index (χ0n) is 21.5. The lowest BCUT2D eigenvalue weighted by Gasteiger charge is -2.33. The van der Waals surface area contributed by atoms with Gasteiger partial charge in [0, 0.05) is 69.0 Å². The number of methoxy groups -OCH3 is 1. The molecule has 0 radical (unpaired) electrons. The number of anilines is 3. The summed E-state index contributed by atoms with van der Waals surface area (Å²) in [5.74, 6) is 1.51. The van der Waals surface area contributed by atoms with Gasteiger partial charge in [0.15, 0.2) is 0 Å². The maximum Gasteiger partial charge on any atom is 0.253 e. The van der Waals surface area contributed by atoms with E-state index in [2.05, 4.69) is 44.0 Å². The molecule has 0 bridgehead atoms. The molecule has 3 aromatic rings. The number of hydrogen-bond donors (Lipinski definition) is 2. The molecule has 3 aromatic heterocycles. The topological polar surface area (TPSA) is 106 Å². The summed E-state index contributed by atoms with van der Waals surface area (Å²) < 4.78 is 27.1. The average Bonchev–Trinajstić information content (AvgIpc) is 3.29. The van der Waals surface area contributed by atoms with Crippen LogP contribution in [0.1, 0.15) is 49.5 Å². The summed E-state index contributed by atoms with van der Waals surface area (Å²) in [6.45, 7) is 6.29. The van der Waals surface area contributed by atoms with E-state index < -0.39 is 12.3 Å². The predicted octanol–water partition coefficient (Wildman–Crippen LogP) is 3.62. The molecule has 2 aliphatic heterocycles. The Kier molecular flexibility index (Phi) is 7.52. The highest BCUT2D eigenvalue weighted by Crippen LogP contribution is 2.28. The van der Waals surface area contributed by atoms with E-state index >= 15 is 0 Å². The molecule has 2 saturated heterocycles. The first kappa shape index (κ1) is 25.3. The van der Waals surface area contributed by atoms with Gasteiger partial charge in [-0.2, -0.15) is 4.98 Å². The van der Waals surface area contributed by atoms with E-state index in [4.69, 9.17) is 9.47 Å². The van der Waals surface area contributed by atoms with Crippen molar-refractivity contribution >= 4 is 34.4 Å². The number of carbonyl (C=O) groups is 1. The van der Waals surface area contributed by atoms with Gasteiger partial charge >= 0.3 is 0 Å². The SMILES string of the molecule is CO[C@H]1CCN(c2nccc(Nc3cc4c(cn3)c(C(=O)NC3CCOCC3)cn4C(C)C)n2)C[C@H]1F. The molecule has 0 aromatic carbocycles. The molecule has 198 valence electrons. The molecule has 2 fully saturated rings. The van der Waals surface area contributed by atoms with Crippen LogP contribution in [0.3, 0.4) is 0 Å². The van der Waals surface area contributed by atoms with E-state index in [1.54, 1.807) is 18.5 Å². The smallest absolute Gasteiger partial charge is 0.253 e. The van der Waals surface area contributed by atoms with Crippen LogP contribution in [-0.4, -0.2) is 77.2 Å². The van der Waals surface area contributed by atoms with Gasteiger partial charge in [0.05, 0.1) is 23.7 Å². The van der Waals surface area contributed by atoms with E-state index in [9.17, 15) is 9.18 Å². The fraction of sp³-hybridized carbons (Fsp3) is 0.538. The molecule has 37 heavy (non-hydrogen) atoms. The molecular formula is C26H34FN7O3. The Morgan fingerprint density at radius 2 is 2.03 bits per heavy atom. The first-order valence-electron chi connectivity index (χ1n) is 12.8. The highest BCUT2D eigenvalue weighted by Gasteiger charge is 2.30. The maximum atomic E-state index is 14.4. The van der Waals surface area contributed by atoms with Gasteiger partial charge in [0.1, 0.15) is 17.8 Å². The van der Waals surface area contributed by atoms with Crippen molar-refractivity contribution in [1.82, 2.24) is 24.8 Å². The number of carbonyl (C=O) groups excluding carboxylic acids is 1. The lowest BCUT2D eigenvalue weighted by molar-refractivity contribution is 0.0194. The lowest BCUT2D eigenvalue weighted by atomic mass is 10.1. The fourth-order valence-electron chi connectivity index (χ4n) is 4.96. The number of hydrogen-bond acceptors (Lipinski definition) is 8. The Balaban J connectivity index is 1.36. The molecule has 5 heterocycles. The number of pyridine rings is 1. The minimum atomic E-state index is -1.09. The second-order valence-corrected chi connectivity index (χ2v) is 9.88. The summed E-state index contributed by atoms with van der Waals surface area (Å²) in [4.78, 5) is 28.4. The predicted molar refractivity (Wildman–Crippen MR) is 139 cm³/mol. The number of fused-ring (bicyclic) bond motifs is 1. The fourth-order valence-corrected chi connectivity index (χ4v) is 4.96. The number of piperidine rings is 1. The van der Waals surface area contributed by atoms with Gasteiger partial charge < -0.3 is 29.6 Å². The number of amides is 1. The Morgan fingerprint density at radius 1 is 1.22 bits per heavy atom. The van der Waals surface area contributed by atoms with E-state index in [0.717, 1.165) is 23.7 Å². The molecule has 1 amide bonds. The van der Waals surface area contributed by atoms with Gasteiger partial charge in [-0.15, -0.1) is 0 Å². The van der Waals surface area contributed by atoms with Crippen molar-refractivity contribution in [3.05, 3.63) is 36.3 Å². The van der Waals surface area contributed by atoms with Crippen LogP contribution >= 0.6 is 0 Å². The molecule has 10 nitrogen and oxygen atoms in total. The van der Waals surface area contributed by atoms with Crippen LogP contribution in [0.15, 0.2) is 30.7 Å².